The normalized spacial score (nSPS) is 11.6. The van der Waals surface area contributed by atoms with E-state index < -0.39 is 11.2 Å². The molecule has 2 N–H and O–H groups in total. The number of aromatic amines is 1. The lowest BCUT2D eigenvalue weighted by Gasteiger charge is -2.11. The molecule has 1 aromatic carbocycles. The number of nitrogens with zero attached hydrogens (tertiary/aromatic N) is 2. The highest BCUT2D eigenvalue weighted by Crippen LogP contribution is 2.13. The van der Waals surface area contributed by atoms with Gasteiger partial charge in [-0.2, -0.15) is 0 Å². The van der Waals surface area contributed by atoms with Crippen LogP contribution in [0.2, 0.25) is 0 Å². The van der Waals surface area contributed by atoms with Gasteiger partial charge in [0.05, 0.1) is 6.54 Å². The molecule has 0 aliphatic carbocycles. The average Bonchev–Trinajstić information content (AvgIpc) is 2.44. The highest BCUT2D eigenvalue weighted by atomic mass is 16.3. The molecule has 2 aromatic rings. The van der Waals surface area contributed by atoms with Gasteiger partial charge in [0.1, 0.15) is 5.56 Å². The molecule has 1 aromatic heterocycles. The molecule has 0 saturated carbocycles. The van der Waals surface area contributed by atoms with E-state index in [0.717, 1.165) is 10.1 Å². The van der Waals surface area contributed by atoms with E-state index >= 15 is 0 Å². The first-order valence-corrected chi connectivity index (χ1v) is 6.08. The van der Waals surface area contributed by atoms with Crippen LogP contribution in [0.5, 0.6) is 5.88 Å². The first-order valence-electron chi connectivity index (χ1n) is 6.08. The minimum absolute atomic E-state index is 0.0167. The third-order valence-corrected chi connectivity index (χ3v) is 3.05. The van der Waals surface area contributed by atoms with Crippen molar-refractivity contribution >= 4 is 5.71 Å². The third kappa shape index (κ3) is 2.54. The Kier molecular flexibility index (Phi) is 3.84. The van der Waals surface area contributed by atoms with Gasteiger partial charge in [0.2, 0.25) is 5.88 Å². The summed E-state index contributed by atoms with van der Waals surface area (Å²) in [6.45, 7) is 1.77. The zero-order valence-corrected chi connectivity index (χ0v) is 11.3. The molecular weight excluding hydrogens is 258 g/mol. The maximum absolute atomic E-state index is 11.8. The smallest absolute Gasteiger partial charge is 0.331 e. The van der Waals surface area contributed by atoms with E-state index in [-0.39, 0.29) is 18.0 Å². The second kappa shape index (κ2) is 5.56. The summed E-state index contributed by atoms with van der Waals surface area (Å²) < 4.78 is 1.11. The Labute approximate surface area is 115 Å². The molecule has 0 amide bonds. The summed E-state index contributed by atoms with van der Waals surface area (Å²) in [5.74, 6) is -0.370. The van der Waals surface area contributed by atoms with Crippen LogP contribution >= 0.6 is 0 Å². The fraction of sp³-hybridized carbons (Fsp3) is 0.214. The first-order chi connectivity index (χ1) is 9.54. The largest absolute Gasteiger partial charge is 0.494 e. The number of H-pyrrole nitrogens is 1. The molecule has 0 radical (unpaired) electrons. The molecule has 0 saturated heterocycles. The predicted molar refractivity (Wildman–Crippen MR) is 76.7 cm³/mol. The Morgan fingerprint density at radius 3 is 2.55 bits per heavy atom. The lowest BCUT2D eigenvalue weighted by molar-refractivity contribution is 0.408. The molecule has 0 aliphatic rings. The Balaban J connectivity index is 2.60. The van der Waals surface area contributed by atoms with Crippen molar-refractivity contribution in [2.75, 3.05) is 7.05 Å². The molecule has 0 fully saturated rings. The van der Waals surface area contributed by atoms with E-state index in [1.807, 2.05) is 30.3 Å². The molecule has 2 rings (SSSR count). The van der Waals surface area contributed by atoms with E-state index in [1.165, 1.54) is 7.05 Å². The zero-order chi connectivity index (χ0) is 14.7. The second-order valence-electron chi connectivity index (χ2n) is 4.34. The van der Waals surface area contributed by atoms with Gasteiger partial charge in [0.25, 0.3) is 5.56 Å². The standard InChI is InChI=1S/C14H15N3O3/c1-9(15-2)11-12(18)16-14(20)17(13(11)19)8-10-6-4-3-5-7-10/h3-7,19H,8H2,1-2H3,(H,16,18,20). The number of hydrogen-bond donors (Lipinski definition) is 2. The summed E-state index contributed by atoms with van der Waals surface area (Å²) in [6, 6.07) is 9.19. The molecule has 6 nitrogen and oxygen atoms in total. The molecular formula is C14H15N3O3. The SMILES string of the molecule is CN=C(C)c1c(O)n(Cc2ccccc2)c(=O)[nH]c1=O. The Bertz CT molecular complexity index is 757. The zero-order valence-electron chi connectivity index (χ0n) is 11.3. The van der Waals surface area contributed by atoms with Crippen molar-refractivity contribution in [2.45, 2.75) is 13.5 Å². The average molecular weight is 273 g/mol. The third-order valence-electron chi connectivity index (χ3n) is 3.05. The van der Waals surface area contributed by atoms with Gasteiger partial charge < -0.3 is 5.11 Å². The van der Waals surface area contributed by atoms with Crippen LogP contribution in [0.3, 0.4) is 0 Å². The Hall–Kier alpha value is -2.63. The van der Waals surface area contributed by atoms with Crippen molar-refractivity contribution in [3.63, 3.8) is 0 Å². The minimum atomic E-state index is -0.649. The van der Waals surface area contributed by atoms with Crippen LogP contribution in [0, 0.1) is 0 Å². The molecule has 0 unspecified atom stereocenters. The Morgan fingerprint density at radius 2 is 1.95 bits per heavy atom. The van der Waals surface area contributed by atoms with Crippen LogP contribution in [-0.4, -0.2) is 27.4 Å². The van der Waals surface area contributed by atoms with E-state index in [0.29, 0.717) is 5.71 Å². The highest BCUT2D eigenvalue weighted by Gasteiger charge is 2.16. The second-order valence-corrected chi connectivity index (χ2v) is 4.34. The summed E-state index contributed by atoms with van der Waals surface area (Å²) in [7, 11) is 1.51. The van der Waals surface area contributed by atoms with Gasteiger partial charge >= 0.3 is 5.69 Å². The minimum Gasteiger partial charge on any atom is -0.494 e. The fourth-order valence-corrected chi connectivity index (χ4v) is 1.91. The van der Waals surface area contributed by atoms with Crippen molar-refractivity contribution in [1.82, 2.24) is 9.55 Å². The Morgan fingerprint density at radius 1 is 1.30 bits per heavy atom. The number of rotatable bonds is 3. The van der Waals surface area contributed by atoms with Crippen molar-refractivity contribution in [2.24, 2.45) is 4.99 Å². The van der Waals surface area contributed by atoms with Crippen LogP contribution in [0.4, 0.5) is 0 Å². The fourth-order valence-electron chi connectivity index (χ4n) is 1.91. The van der Waals surface area contributed by atoms with Crippen molar-refractivity contribution < 1.29 is 5.11 Å². The molecule has 0 aliphatic heterocycles. The maximum atomic E-state index is 11.8. The van der Waals surface area contributed by atoms with Gasteiger partial charge in [-0.15, -0.1) is 0 Å². The lowest BCUT2D eigenvalue weighted by atomic mass is 10.2. The van der Waals surface area contributed by atoms with Crippen molar-refractivity contribution in [1.29, 1.82) is 0 Å². The maximum Gasteiger partial charge on any atom is 0.331 e. The number of benzene rings is 1. The summed E-state index contributed by atoms with van der Waals surface area (Å²) in [5.41, 5.74) is -0.0634. The van der Waals surface area contributed by atoms with Crippen molar-refractivity contribution in [3.05, 3.63) is 62.3 Å². The van der Waals surface area contributed by atoms with Crippen LogP contribution in [0.1, 0.15) is 18.1 Å². The van der Waals surface area contributed by atoms with Crippen LogP contribution in [0.25, 0.3) is 0 Å². The molecule has 0 atom stereocenters. The molecule has 0 spiro atoms. The van der Waals surface area contributed by atoms with Gasteiger partial charge in [0.15, 0.2) is 0 Å². The topological polar surface area (TPSA) is 87.4 Å². The van der Waals surface area contributed by atoms with E-state index in [2.05, 4.69) is 9.98 Å². The van der Waals surface area contributed by atoms with Crippen LogP contribution < -0.4 is 11.2 Å². The van der Waals surface area contributed by atoms with Gasteiger partial charge in [-0.05, 0) is 12.5 Å². The molecule has 1 heterocycles. The highest BCUT2D eigenvalue weighted by molar-refractivity contribution is 6.00. The van der Waals surface area contributed by atoms with E-state index in [9.17, 15) is 14.7 Å². The van der Waals surface area contributed by atoms with Gasteiger partial charge in [-0.3, -0.25) is 19.3 Å². The lowest BCUT2D eigenvalue weighted by Crippen LogP contribution is -2.33. The molecule has 20 heavy (non-hydrogen) atoms. The van der Waals surface area contributed by atoms with Gasteiger partial charge in [-0.1, -0.05) is 30.3 Å². The summed E-state index contributed by atoms with van der Waals surface area (Å²) >= 11 is 0. The van der Waals surface area contributed by atoms with Crippen LogP contribution in [0.15, 0.2) is 44.9 Å². The molecule has 104 valence electrons. The van der Waals surface area contributed by atoms with Gasteiger partial charge in [0, 0.05) is 12.8 Å². The summed E-state index contributed by atoms with van der Waals surface area (Å²) in [6.07, 6.45) is 0. The van der Waals surface area contributed by atoms with E-state index in [4.69, 9.17) is 0 Å². The van der Waals surface area contributed by atoms with E-state index in [1.54, 1.807) is 6.92 Å². The number of nitrogens with one attached hydrogen (secondary N) is 1. The number of aliphatic imine (C=N–C) groups is 1. The number of aromatic nitrogens is 2. The first kappa shape index (κ1) is 13.8. The van der Waals surface area contributed by atoms with Gasteiger partial charge in [-0.25, -0.2) is 4.79 Å². The van der Waals surface area contributed by atoms with Crippen LogP contribution in [-0.2, 0) is 6.54 Å². The number of aromatic hydroxyl groups is 1. The molecule has 6 heteroatoms. The quantitative estimate of drug-likeness (QED) is 0.808. The predicted octanol–water partition coefficient (Wildman–Crippen LogP) is 0.729. The summed E-state index contributed by atoms with van der Waals surface area (Å²) in [4.78, 5) is 29.7. The number of hydrogen-bond acceptors (Lipinski definition) is 4. The molecule has 0 bridgehead atoms. The summed E-state index contributed by atoms with van der Waals surface area (Å²) in [5, 5.41) is 10.2. The van der Waals surface area contributed by atoms with Crippen molar-refractivity contribution in [3.8, 4) is 5.88 Å². The monoisotopic (exact) mass is 273 g/mol.